The molecule has 0 amide bonds. The first-order valence-corrected chi connectivity index (χ1v) is 15.6. The van der Waals surface area contributed by atoms with Gasteiger partial charge in [0.25, 0.3) is 0 Å². The van der Waals surface area contributed by atoms with Gasteiger partial charge in [-0.15, -0.1) is 0 Å². The van der Waals surface area contributed by atoms with Gasteiger partial charge in [-0.2, -0.15) is 0 Å². The summed E-state index contributed by atoms with van der Waals surface area (Å²) in [4.78, 5) is 13.2. The fraction of sp³-hybridized carbons (Fsp3) is 0.103. The van der Waals surface area contributed by atoms with Crippen molar-refractivity contribution in [1.82, 2.24) is 4.72 Å². The van der Waals surface area contributed by atoms with Crippen LogP contribution in [0, 0.1) is 0 Å². The third-order valence-corrected chi connectivity index (χ3v) is 13.7. The van der Waals surface area contributed by atoms with Gasteiger partial charge in [-0.05, 0) is 0 Å². The quantitative estimate of drug-likeness (QED) is 0.289. The van der Waals surface area contributed by atoms with E-state index in [1.54, 1.807) is 24.3 Å². The van der Waals surface area contributed by atoms with Crippen LogP contribution in [0.5, 0.6) is 0 Å². The normalized spacial score (nSPS) is 13.7. The van der Waals surface area contributed by atoms with Crippen molar-refractivity contribution in [3.63, 3.8) is 0 Å². The van der Waals surface area contributed by atoms with Crippen molar-refractivity contribution in [2.75, 3.05) is 0 Å². The van der Waals surface area contributed by atoms with Gasteiger partial charge in [-0.1, -0.05) is 0 Å². The predicted molar refractivity (Wildman–Crippen MR) is 152 cm³/mol. The first-order chi connectivity index (χ1) is 17.2. The molecule has 0 bridgehead atoms. The van der Waals surface area contributed by atoms with Crippen LogP contribution in [0.3, 0.4) is 0 Å². The predicted octanol–water partition coefficient (Wildman–Crippen LogP) is 5.56. The van der Waals surface area contributed by atoms with E-state index in [1.807, 2.05) is 105 Å². The number of benzene rings is 4. The van der Waals surface area contributed by atoms with E-state index < -0.39 is 16.9 Å². The van der Waals surface area contributed by atoms with E-state index in [-0.39, 0.29) is 15.6 Å². The van der Waals surface area contributed by atoms with Gasteiger partial charge in [0, 0.05) is 0 Å². The van der Waals surface area contributed by atoms with Crippen LogP contribution in [0.15, 0.2) is 131 Å². The molecule has 4 nitrogen and oxygen atoms in total. The molecule has 0 saturated heterocycles. The summed E-state index contributed by atoms with van der Waals surface area (Å²) in [5, 5.41) is 1.80. The summed E-state index contributed by atoms with van der Waals surface area (Å²) in [6, 6.07) is 34.3. The molecule has 0 saturated carbocycles. The van der Waals surface area contributed by atoms with Gasteiger partial charge in [0.2, 0.25) is 0 Å². The summed E-state index contributed by atoms with van der Waals surface area (Å²) in [6.07, 6.45) is 1.22. The van der Waals surface area contributed by atoms with Gasteiger partial charge in [0.1, 0.15) is 0 Å². The summed E-state index contributed by atoms with van der Waals surface area (Å²) in [5.41, 5.74) is 1.04. The van der Waals surface area contributed by atoms with Crippen molar-refractivity contribution in [3.05, 3.63) is 132 Å². The molecule has 0 aliphatic rings. The molecule has 4 aromatic rings. The average molecular weight is 538 g/mol. The Hall–Kier alpha value is -2.95. The maximum absolute atomic E-state index is 13.2. The molecular weight excluding hydrogens is 509 g/mol. The molecule has 0 aromatic heterocycles. The first kappa shape index (κ1) is 26.1. The minimum absolute atomic E-state index is 0.00646. The van der Waals surface area contributed by atoms with Gasteiger partial charge >= 0.3 is 219 Å². The van der Waals surface area contributed by atoms with E-state index in [0.29, 0.717) is 15.9 Å². The van der Waals surface area contributed by atoms with Crippen LogP contribution >= 0.6 is 18.4 Å². The molecule has 0 spiro atoms. The summed E-state index contributed by atoms with van der Waals surface area (Å²) in [7, 11) is -3.93. The minimum atomic E-state index is -4.48. The zero-order valence-corrected chi connectivity index (χ0v) is 22.6. The Bertz CT molecular complexity index is 1360. The Kier molecular flexibility index (Phi) is 7.40. The van der Waals surface area contributed by atoms with E-state index in [2.05, 4.69) is 4.72 Å². The summed E-state index contributed by atoms with van der Waals surface area (Å²) in [5.74, 6) is 0.284. The molecule has 4 rings (SSSR count). The number of nitrogens with one attached hydrogen (secondary N) is 1. The topological polar surface area (TPSA) is 66.4 Å². The van der Waals surface area contributed by atoms with Crippen molar-refractivity contribution in [1.29, 1.82) is 0 Å². The Morgan fingerprint density at radius 2 is 1.14 bits per heavy atom. The molecule has 0 aliphatic carbocycles. The summed E-state index contributed by atoms with van der Waals surface area (Å²) in [6.45, 7) is -0.381. The second kappa shape index (κ2) is 10.2. The van der Waals surface area contributed by atoms with Crippen molar-refractivity contribution >= 4 is 44.4 Å². The van der Waals surface area contributed by atoms with Crippen LogP contribution < -0.4 is 20.6 Å². The van der Waals surface area contributed by atoms with Gasteiger partial charge in [0.15, 0.2) is 0 Å². The molecule has 0 radical (unpaired) electrons. The van der Waals surface area contributed by atoms with Crippen molar-refractivity contribution < 1.29 is 13.3 Å². The SMILES string of the molecule is CC(C)c1ccc(S(=O)(=O)N/C=C(\Cl)P(O)(c2ccccc2)(c2ccccc2)c2ccccc2)cc1. The second-order valence-electron chi connectivity index (χ2n) is 8.89. The zero-order chi connectivity index (χ0) is 25.8. The summed E-state index contributed by atoms with van der Waals surface area (Å²) >= 11 is 7.05. The zero-order valence-electron chi connectivity index (χ0n) is 20.1. The van der Waals surface area contributed by atoms with Crippen LogP contribution in [0.25, 0.3) is 0 Å². The number of hydrogen-bond donors (Lipinski definition) is 2. The van der Waals surface area contributed by atoms with E-state index >= 15 is 0 Å². The standard InChI is InChI=1S/C29H29ClNO3PS/c1-23(2)24-18-20-28(21-19-24)36(33,34)31-22-29(30)35(32,25-12-6-3-7-13-25,26-14-8-4-9-15-26)27-16-10-5-11-17-27/h3-23,31-32H,1-2H3/b29-22+. The molecule has 0 aliphatic heterocycles. The molecule has 7 heteroatoms. The number of halogens is 1. The molecule has 2 N–H and O–H groups in total. The van der Waals surface area contributed by atoms with E-state index in [0.717, 1.165) is 5.56 Å². The van der Waals surface area contributed by atoms with Crippen LogP contribution in [-0.4, -0.2) is 13.3 Å². The van der Waals surface area contributed by atoms with Gasteiger partial charge in [-0.3, -0.25) is 0 Å². The Morgan fingerprint density at radius 1 is 0.750 bits per heavy atom. The number of rotatable bonds is 8. The van der Waals surface area contributed by atoms with Crippen molar-refractivity contribution in [3.8, 4) is 0 Å². The van der Waals surface area contributed by atoms with Crippen LogP contribution in [-0.2, 0) is 10.0 Å². The van der Waals surface area contributed by atoms with Crippen LogP contribution in [0.4, 0.5) is 0 Å². The van der Waals surface area contributed by atoms with Crippen LogP contribution in [0.2, 0.25) is 0 Å². The Labute approximate surface area is 218 Å². The first-order valence-electron chi connectivity index (χ1n) is 11.6. The average Bonchev–Trinajstić information content (AvgIpc) is 2.93. The molecule has 0 unspecified atom stereocenters. The molecular formula is C29H29ClNO3PS. The molecule has 4 aromatic carbocycles. The molecule has 0 heterocycles. The van der Waals surface area contributed by atoms with Gasteiger partial charge in [0.05, 0.1) is 0 Å². The maximum atomic E-state index is 13.2. The Balaban J connectivity index is 1.92. The fourth-order valence-electron chi connectivity index (χ4n) is 4.32. The number of sulfonamides is 1. The van der Waals surface area contributed by atoms with E-state index in [9.17, 15) is 13.3 Å². The summed E-state index contributed by atoms with van der Waals surface area (Å²) < 4.78 is 28.9. The monoisotopic (exact) mass is 537 g/mol. The van der Waals surface area contributed by atoms with E-state index in [4.69, 9.17) is 11.6 Å². The Morgan fingerprint density at radius 3 is 1.50 bits per heavy atom. The van der Waals surface area contributed by atoms with E-state index in [1.165, 1.54) is 6.20 Å². The van der Waals surface area contributed by atoms with Crippen LogP contribution in [0.1, 0.15) is 25.3 Å². The van der Waals surface area contributed by atoms with Crippen molar-refractivity contribution in [2.45, 2.75) is 24.7 Å². The second-order valence-corrected chi connectivity index (χ2v) is 15.4. The van der Waals surface area contributed by atoms with Gasteiger partial charge < -0.3 is 0 Å². The van der Waals surface area contributed by atoms with Gasteiger partial charge in [-0.25, -0.2) is 0 Å². The molecule has 0 fully saturated rings. The molecule has 186 valence electrons. The third-order valence-electron chi connectivity index (χ3n) is 6.38. The third kappa shape index (κ3) is 4.49. The molecule has 0 atom stereocenters. The van der Waals surface area contributed by atoms with Crippen molar-refractivity contribution in [2.24, 2.45) is 0 Å². The number of hydrogen-bond acceptors (Lipinski definition) is 3. The molecule has 36 heavy (non-hydrogen) atoms. The fourth-order valence-corrected chi connectivity index (χ4v) is 10.5.